The first-order valence-electron chi connectivity index (χ1n) is 11.2. The molecule has 0 aliphatic heterocycles. The van der Waals surface area contributed by atoms with Gasteiger partial charge in [0, 0.05) is 24.5 Å². The Morgan fingerprint density at radius 1 is 1.28 bits per heavy atom. The Bertz CT molecular complexity index is 957. The zero-order valence-corrected chi connectivity index (χ0v) is 19.2. The van der Waals surface area contributed by atoms with Crippen molar-refractivity contribution < 1.29 is 19.4 Å². The molecule has 0 spiro atoms. The van der Waals surface area contributed by atoms with E-state index in [0.29, 0.717) is 23.6 Å². The van der Waals surface area contributed by atoms with Crippen LogP contribution in [-0.2, 0) is 11.2 Å². The van der Waals surface area contributed by atoms with Crippen molar-refractivity contribution in [3.05, 3.63) is 52.7 Å². The van der Waals surface area contributed by atoms with E-state index in [9.17, 15) is 9.59 Å². The number of aromatic nitrogens is 1. The smallest absolute Gasteiger partial charge is 0.213 e. The summed E-state index contributed by atoms with van der Waals surface area (Å²) in [4.78, 5) is 25.5. The highest BCUT2D eigenvalue weighted by atomic mass is 16.5. The van der Waals surface area contributed by atoms with Gasteiger partial charge in [0.15, 0.2) is 5.78 Å². The van der Waals surface area contributed by atoms with Crippen molar-refractivity contribution in [1.29, 1.82) is 5.26 Å². The van der Waals surface area contributed by atoms with Crippen LogP contribution in [0.25, 0.3) is 0 Å². The van der Waals surface area contributed by atoms with Crippen molar-refractivity contribution in [2.24, 2.45) is 5.92 Å². The molecule has 0 bridgehead atoms. The fourth-order valence-electron chi connectivity index (χ4n) is 3.18. The zero-order chi connectivity index (χ0) is 23.5. The number of unbranched alkanes of at least 4 members (excludes halogenated alkanes) is 1. The van der Waals surface area contributed by atoms with E-state index in [-0.39, 0.29) is 11.5 Å². The minimum atomic E-state index is 0.175. The van der Waals surface area contributed by atoms with E-state index in [1.165, 1.54) is 19.0 Å². The maximum Gasteiger partial charge on any atom is 0.213 e. The molecule has 32 heavy (non-hydrogen) atoms. The Balaban J connectivity index is 0.000000179. The number of rotatable bonds is 6. The molecule has 0 amide bonds. The quantitative estimate of drug-likeness (QED) is 0.656. The number of carbonyl (C=O) groups is 2. The van der Waals surface area contributed by atoms with Crippen LogP contribution < -0.4 is 4.74 Å². The molecular weight excluding hydrogens is 404 g/mol. The van der Waals surface area contributed by atoms with Crippen LogP contribution in [0.15, 0.2) is 30.5 Å². The molecule has 2 aliphatic rings. The summed E-state index contributed by atoms with van der Waals surface area (Å²) in [5.41, 5.74) is 3.36. The summed E-state index contributed by atoms with van der Waals surface area (Å²) >= 11 is 0. The number of fused-ring (bicyclic) bond motifs is 1. The molecule has 0 radical (unpaired) electrons. The summed E-state index contributed by atoms with van der Waals surface area (Å²) < 4.78 is 5.36. The second-order valence-corrected chi connectivity index (χ2v) is 8.29. The lowest BCUT2D eigenvalue weighted by atomic mass is 10.0. The predicted octanol–water partition coefficient (Wildman–Crippen LogP) is 5.34. The first kappa shape index (κ1) is 25.1. The molecule has 170 valence electrons. The summed E-state index contributed by atoms with van der Waals surface area (Å²) in [5, 5.41) is 17.8. The number of hydrogen-bond acceptors (Lipinski definition) is 6. The molecule has 0 saturated heterocycles. The van der Waals surface area contributed by atoms with Gasteiger partial charge in [0.05, 0.1) is 24.4 Å². The number of ether oxygens (including phenoxy) is 1. The number of ketones is 2. The fraction of sp³-hybridized carbons (Fsp3) is 0.462. The molecular formula is C26H32N2O4. The van der Waals surface area contributed by atoms with Gasteiger partial charge in [-0.25, -0.2) is 4.98 Å². The Kier molecular flexibility index (Phi) is 9.87. The van der Waals surface area contributed by atoms with Crippen molar-refractivity contribution in [2.75, 3.05) is 6.61 Å². The predicted molar refractivity (Wildman–Crippen MR) is 123 cm³/mol. The second kappa shape index (κ2) is 12.6. The number of nitriles is 1. The van der Waals surface area contributed by atoms with Crippen LogP contribution in [0.1, 0.15) is 79.4 Å². The van der Waals surface area contributed by atoms with Gasteiger partial charge in [0.2, 0.25) is 5.88 Å². The molecule has 1 aromatic heterocycles. The number of aromatic hydroxyl groups is 1. The third-order valence-electron chi connectivity index (χ3n) is 5.18. The molecule has 6 heteroatoms. The molecule has 6 nitrogen and oxygen atoms in total. The van der Waals surface area contributed by atoms with Gasteiger partial charge < -0.3 is 14.6 Å². The number of Topliss-reactive ketones (excluding diaryl/α,β-unsaturated/α-hetero) is 2. The summed E-state index contributed by atoms with van der Waals surface area (Å²) in [5.74, 6) is 1.99. The highest BCUT2D eigenvalue weighted by molar-refractivity contribution is 6.01. The van der Waals surface area contributed by atoms with E-state index in [1.54, 1.807) is 19.1 Å². The average molecular weight is 437 g/mol. The Labute approximate surface area is 190 Å². The fourth-order valence-corrected chi connectivity index (χ4v) is 3.18. The van der Waals surface area contributed by atoms with Crippen LogP contribution in [0.2, 0.25) is 0 Å². The zero-order valence-electron chi connectivity index (χ0n) is 19.2. The summed E-state index contributed by atoms with van der Waals surface area (Å²) in [6.45, 7) is 6.39. The molecule has 0 atom stereocenters. The van der Waals surface area contributed by atoms with Gasteiger partial charge in [0.25, 0.3) is 0 Å². The summed E-state index contributed by atoms with van der Waals surface area (Å²) in [6.07, 6.45) is 8.18. The molecule has 1 heterocycles. The molecule has 2 aromatic rings. The maximum atomic E-state index is 11.4. The van der Waals surface area contributed by atoms with Gasteiger partial charge in [-0.05, 0) is 74.8 Å². The number of aryl methyl sites for hydroxylation is 1. The minimum absolute atomic E-state index is 0.175. The molecule has 0 unspecified atom stereocenters. The number of carbonyl (C=O) groups excluding carboxylic acids is 2. The third kappa shape index (κ3) is 8.50. The standard InChI is InChI=1S/C11H9NO.C9H11NO2.C6H12O/c1-7-4-8(6-12)9-2-3-11(13)10(9)5-7;11-8-3-4-9(10-5-8)12-6-7-1-2-7;1-3-4-5-6(2)7/h4-5H,2-3H2,1H3;3-5,7,11H,1-2,6H2;3-5H2,1-2H3. The molecule has 1 fully saturated rings. The maximum absolute atomic E-state index is 11.4. The van der Waals surface area contributed by atoms with E-state index in [1.807, 2.05) is 19.1 Å². The Hall–Kier alpha value is -3.20. The number of pyridine rings is 1. The molecule has 4 rings (SSSR count). The molecule has 1 aromatic carbocycles. The molecule has 1 N–H and O–H groups in total. The normalized spacial score (nSPS) is 13.6. The first-order chi connectivity index (χ1) is 15.3. The third-order valence-corrected chi connectivity index (χ3v) is 5.18. The van der Waals surface area contributed by atoms with Gasteiger partial charge >= 0.3 is 0 Å². The van der Waals surface area contributed by atoms with E-state index >= 15 is 0 Å². The minimum Gasteiger partial charge on any atom is -0.506 e. The van der Waals surface area contributed by atoms with Crippen molar-refractivity contribution in [3.63, 3.8) is 0 Å². The Morgan fingerprint density at radius 3 is 2.56 bits per heavy atom. The number of benzene rings is 1. The van der Waals surface area contributed by atoms with Crippen molar-refractivity contribution in [2.45, 2.75) is 65.7 Å². The van der Waals surface area contributed by atoms with Crippen LogP contribution in [0.5, 0.6) is 11.6 Å². The average Bonchev–Trinajstić information content (AvgIpc) is 3.54. The van der Waals surface area contributed by atoms with Gasteiger partial charge in [0.1, 0.15) is 11.5 Å². The SMILES string of the molecule is CCCCC(C)=O.Cc1cc(C#N)c2c(c1)C(=O)CC2.Oc1ccc(OCC2CC2)nc1. The number of hydrogen-bond donors (Lipinski definition) is 1. The van der Waals surface area contributed by atoms with Crippen LogP contribution in [0, 0.1) is 24.2 Å². The topological polar surface area (TPSA) is 100 Å². The first-order valence-corrected chi connectivity index (χ1v) is 11.2. The number of nitrogens with zero attached hydrogens (tertiary/aromatic N) is 2. The van der Waals surface area contributed by atoms with Gasteiger partial charge in [-0.15, -0.1) is 0 Å². The Morgan fingerprint density at radius 2 is 2.03 bits per heavy atom. The van der Waals surface area contributed by atoms with Crippen LogP contribution in [-0.4, -0.2) is 28.3 Å². The highest BCUT2D eigenvalue weighted by Gasteiger charge is 2.22. The highest BCUT2D eigenvalue weighted by Crippen LogP contribution is 2.29. The van der Waals surface area contributed by atoms with Crippen molar-refractivity contribution >= 4 is 11.6 Å². The van der Waals surface area contributed by atoms with Gasteiger partial charge in [-0.3, -0.25) is 4.79 Å². The van der Waals surface area contributed by atoms with Crippen molar-refractivity contribution in [1.82, 2.24) is 4.98 Å². The summed E-state index contributed by atoms with van der Waals surface area (Å²) in [7, 11) is 0. The lowest BCUT2D eigenvalue weighted by Crippen LogP contribution is -1.99. The van der Waals surface area contributed by atoms with E-state index in [4.69, 9.17) is 15.1 Å². The van der Waals surface area contributed by atoms with Crippen LogP contribution in [0.4, 0.5) is 0 Å². The van der Waals surface area contributed by atoms with Crippen molar-refractivity contribution in [3.8, 4) is 17.7 Å². The largest absolute Gasteiger partial charge is 0.506 e. The van der Waals surface area contributed by atoms with E-state index in [0.717, 1.165) is 54.9 Å². The van der Waals surface area contributed by atoms with Crippen LogP contribution in [0.3, 0.4) is 0 Å². The molecule has 1 saturated carbocycles. The van der Waals surface area contributed by atoms with Gasteiger partial charge in [-0.1, -0.05) is 13.3 Å². The van der Waals surface area contributed by atoms with E-state index in [2.05, 4.69) is 18.0 Å². The summed E-state index contributed by atoms with van der Waals surface area (Å²) in [6, 6.07) is 9.12. The lowest BCUT2D eigenvalue weighted by molar-refractivity contribution is -0.117. The monoisotopic (exact) mass is 436 g/mol. The van der Waals surface area contributed by atoms with E-state index < -0.39 is 0 Å². The van der Waals surface area contributed by atoms with Gasteiger partial charge in [-0.2, -0.15) is 5.26 Å². The molecule has 2 aliphatic carbocycles. The lowest BCUT2D eigenvalue weighted by Gasteiger charge is -2.02. The second-order valence-electron chi connectivity index (χ2n) is 8.29. The van der Waals surface area contributed by atoms with Crippen LogP contribution >= 0.6 is 0 Å².